The van der Waals surface area contributed by atoms with Crippen LogP contribution in [-0.4, -0.2) is 16.1 Å². The van der Waals surface area contributed by atoms with Crippen LogP contribution in [0.5, 0.6) is 0 Å². The Balaban J connectivity index is 3.03. The molecule has 1 aromatic rings. The lowest BCUT2D eigenvalue weighted by Gasteiger charge is -1.95. The van der Waals surface area contributed by atoms with E-state index in [1.165, 1.54) is 18.3 Å². The van der Waals surface area contributed by atoms with Gasteiger partial charge in [-0.1, -0.05) is 11.6 Å². The second-order valence-corrected chi connectivity index (χ2v) is 2.75. The normalized spacial score (nSPS) is 10.0. The average Bonchev–Trinajstić information content (AvgIpc) is 2.16. The molecule has 0 spiro atoms. The van der Waals surface area contributed by atoms with Crippen LogP contribution in [0.3, 0.4) is 0 Å². The number of nitriles is 1. The van der Waals surface area contributed by atoms with E-state index in [-0.39, 0.29) is 10.7 Å². The van der Waals surface area contributed by atoms with Crippen molar-refractivity contribution in [2.45, 2.75) is 0 Å². The largest absolute Gasteiger partial charge is 0.478 e. The molecule has 0 fully saturated rings. The molecule has 5 heteroatoms. The molecule has 4 nitrogen and oxygen atoms in total. The lowest BCUT2D eigenvalue weighted by atomic mass is 10.2. The molecular weight excluding hydrogens is 204 g/mol. The van der Waals surface area contributed by atoms with Crippen molar-refractivity contribution in [2.24, 2.45) is 0 Å². The first-order valence-corrected chi connectivity index (χ1v) is 3.98. The molecule has 1 aromatic heterocycles. The van der Waals surface area contributed by atoms with Crippen molar-refractivity contribution in [3.8, 4) is 6.07 Å². The van der Waals surface area contributed by atoms with Crippen LogP contribution >= 0.6 is 11.6 Å². The molecule has 0 bridgehead atoms. The molecule has 1 rings (SSSR count). The van der Waals surface area contributed by atoms with Gasteiger partial charge in [-0.25, -0.2) is 9.78 Å². The summed E-state index contributed by atoms with van der Waals surface area (Å²) in [5.41, 5.74) is 0.743. The number of pyridine rings is 1. The number of carboxylic acid groups (broad SMARTS) is 1. The van der Waals surface area contributed by atoms with Crippen molar-refractivity contribution in [1.82, 2.24) is 4.98 Å². The van der Waals surface area contributed by atoms with Gasteiger partial charge < -0.3 is 5.11 Å². The summed E-state index contributed by atoms with van der Waals surface area (Å²) in [6.07, 6.45) is 3.70. The maximum absolute atomic E-state index is 10.2. The van der Waals surface area contributed by atoms with E-state index in [1.807, 2.05) is 6.07 Å². The Morgan fingerprint density at radius 1 is 1.71 bits per heavy atom. The van der Waals surface area contributed by atoms with E-state index in [2.05, 4.69) is 4.98 Å². The summed E-state index contributed by atoms with van der Waals surface area (Å²) < 4.78 is 0. The highest BCUT2D eigenvalue weighted by Crippen LogP contribution is 2.13. The summed E-state index contributed by atoms with van der Waals surface area (Å²) in [6, 6.07) is 3.31. The Hall–Kier alpha value is -1.86. The smallest absolute Gasteiger partial charge is 0.328 e. The predicted octanol–water partition coefficient (Wildman–Crippen LogP) is 1.70. The molecule has 0 saturated heterocycles. The van der Waals surface area contributed by atoms with Crippen molar-refractivity contribution in [3.05, 3.63) is 34.6 Å². The van der Waals surface area contributed by atoms with Crippen molar-refractivity contribution in [2.75, 3.05) is 0 Å². The van der Waals surface area contributed by atoms with E-state index in [0.29, 0.717) is 5.56 Å². The molecule has 0 aliphatic heterocycles. The molecule has 0 atom stereocenters. The molecule has 0 radical (unpaired) electrons. The lowest BCUT2D eigenvalue weighted by molar-refractivity contribution is -0.131. The quantitative estimate of drug-likeness (QED) is 0.593. The topological polar surface area (TPSA) is 74.0 Å². The number of halogens is 1. The first kappa shape index (κ1) is 10.2. The summed E-state index contributed by atoms with van der Waals surface area (Å²) >= 11 is 5.59. The van der Waals surface area contributed by atoms with Crippen LogP contribution < -0.4 is 0 Å². The zero-order valence-corrected chi connectivity index (χ0v) is 7.69. The number of rotatable bonds is 2. The minimum Gasteiger partial charge on any atom is -0.478 e. The van der Waals surface area contributed by atoms with Gasteiger partial charge in [-0.2, -0.15) is 5.26 Å². The molecule has 0 saturated carbocycles. The van der Waals surface area contributed by atoms with Gasteiger partial charge in [-0.3, -0.25) is 0 Å². The van der Waals surface area contributed by atoms with Crippen LogP contribution in [0.15, 0.2) is 18.3 Å². The van der Waals surface area contributed by atoms with Crippen LogP contribution in [0, 0.1) is 11.3 Å². The third-order valence-corrected chi connectivity index (χ3v) is 1.70. The third-order valence-electron chi connectivity index (χ3n) is 1.40. The fourth-order valence-corrected chi connectivity index (χ4v) is 0.947. The summed E-state index contributed by atoms with van der Waals surface area (Å²) in [7, 11) is 0. The fourth-order valence-electron chi connectivity index (χ4n) is 0.801. The first-order chi connectivity index (χ1) is 6.63. The zero-order valence-electron chi connectivity index (χ0n) is 6.94. The second kappa shape index (κ2) is 4.40. The molecule has 0 unspecified atom stereocenters. The maximum Gasteiger partial charge on any atom is 0.328 e. The molecule has 70 valence electrons. The average molecular weight is 209 g/mol. The van der Waals surface area contributed by atoms with Gasteiger partial charge in [0.05, 0.1) is 5.56 Å². The number of aromatic nitrogens is 1. The van der Waals surface area contributed by atoms with E-state index in [0.717, 1.165) is 6.08 Å². The molecule has 0 aliphatic rings. The van der Waals surface area contributed by atoms with Gasteiger partial charge in [0, 0.05) is 12.3 Å². The van der Waals surface area contributed by atoms with Gasteiger partial charge in [-0.15, -0.1) is 0 Å². The highest BCUT2D eigenvalue weighted by atomic mass is 35.5. The Morgan fingerprint density at radius 3 is 3.00 bits per heavy atom. The first-order valence-electron chi connectivity index (χ1n) is 3.60. The highest BCUT2D eigenvalue weighted by Gasteiger charge is 2.00. The van der Waals surface area contributed by atoms with E-state index in [1.54, 1.807) is 0 Å². The monoisotopic (exact) mass is 208 g/mol. The van der Waals surface area contributed by atoms with Crippen LogP contribution in [0.25, 0.3) is 6.08 Å². The Bertz CT molecular complexity index is 435. The number of carbonyl (C=O) groups is 1. The van der Waals surface area contributed by atoms with E-state index < -0.39 is 5.97 Å². The molecule has 1 N–H and O–H groups in total. The van der Waals surface area contributed by atoms with Gasteiger partial charge in [0.2, 0.25) is 0 Å². The van der Waals surface area contributed by atoms with Crippen molar-refractivity contribution in [3.63, 3.8) is 0 Å². The molecular formula is C9H5ClN2O2. The number of nitrogens with zero attached hydrogens (tertiary/aromatic N) is 2. The van der Waals surface area contributed by atoms with Crippen LogP contribution in [0.1, 0.15) is 11.1 Å². The van der Waals surface area contributed by atoms with E-state index in [4.69, 9.17) is 22.0 Å². The highest BCUT2D eigenvalue weighted by molar-refractivity contribution is 6.30. The minimum absolute atomic E-state index is 0.111. The van der Waals surface area contributed by atoms with Gasteiger partial charge in [0.15, 0.2) is 0 Å². The number of hydrogen-bond donors (Lipinski definition) is 1. The SMILES string of the molecule is N#Cc1cc(C=CC(=O)O)cnc1Cl. The minimum atomic E-state index is -1.06. The van der Waals surface area contributed by atoms with Gasteiger partial charge in [0.25, 0.3) is 0 Å². The Morgan fingerprint density at radius 2 is 2.43 bits per heavy atom. The Kier molecular flexibility index (Phi) is 3.21. The van der Waals surface area contributed by atoms with Crippen molar-refractivity contribution < 1.29 is 9.90 Å². The maximum atomic E-state index is 10.2. The van der Waals surface area contributed by atoms with Crippen molar-refractivity contribution in [1.29, 1.82) is 5.26 Å². The molecule has 14 heavy (non-hydrogen) atoms. The molecule has 0 amide bonds. The number of hydrogen-bond acceptors (Lipinski definition) is 3. The van der Waals surface area contributed by atoms with E-state index in [9.17, 15) is 4.79 Å². The van der Waals surface area contributed by atoms with Crippen LogP contribution in [-0.2, 0) is 4.79 Å². The summed E-state index contributed by atoms with van der Waals surface area (Å²) in [5, 5.41) is 17.1. The zero-order chi connectivity index (χ0) is 10.6. The molecule has 0 aliphatic carbocycles. The van der Waals surface area contributed by atoms with Crippen LogP contribution in [0.2, 0.25) is 5.15 Å². The summed E-state index contributed by atoms with van der Waals surface area (Å²) in [4.78, 5) is 13.9. The molecule has 0 aromatic carbocycles. The van der Waals surface area contributed by atoms with Gasteiger partial charge in [0.1, 0.15) is 11.2 Å². The van der Waals surface area contributed by atoms with E-state index >= 15 is 0 Å². The Labute approximate surface area is 85.1 Å². The summed E-state index contributed by atoms with van der Waals surface area (Å²) in [6.45, 7) is 0. The standard InChI is InChI=1S/C9H5ClN2O2/c10-9-7(4-11)3-6(5-12-9)1-2-8(13)14/h1-3,5H,(H,13,14). The number of carboxylic acids is 1. The lowest BCUT2D eigenvalue weighted by Crippen LogP contribution is -1.88. The third kappa shape index (κ3) is 2.57. The summed E-state index contributed by atoms with van der Waals surface area (Å²) in [5.74, 6) is -1.06. The van der Waals surface area contributed by atoms with Crippen LogP contribution in [0.4, 0.5) is 0 Å². The van der Waals surface area contributed by atoms with Crippen molar-refractivity contribution >= 4 is 23.6 Å². The predicted molar refractivity (Wildman–Crippen MR) is 50.6 cm³/mol. The fraction of sp³-hybridized carbons (Fsp3) is 0. The van der Waals surface area contributed by atoms with Gasteiger partial charge >= 0.3 is 5.97 Å². The van der Waals surface area contributed by atoms with Gasteiger partial charge in [-0.05, 0) is 17.7 Å². The molecule has 1 heterocycles. The second-order valence-electron chi connectivity index (χ2n) is 2.39. The number of aliphatic carboxylic acids is 1.